The van der Waals surface area contributed by atoms with Gasteiger partial charge < -0.3 is 19.6 Å². The quantitative estimate of drug-likeness (QED) is 0.853. The van der Waals surface area contributed by atoms with Crippen molar-refractivity contribution in [2.75, 3.05) is 36.9 Å². The molecule has 1 aliphatic rings. The third-order valence-corrected chi connectivity index (χ3v) is 4.30. The molecule has 9 nitrogen and oxygen atoms in total. The van der Waals surface area contributed by atoms with Crippen LogP contribution >= 0.6 is 0 Å². The molecule has 3 rings (SSSR count). The molecule has 1 atom stereocenters. The first kappa shape index (κ1) is 17.8. The first-order valence-corrected chi connectivity index (χ1v) is 8.52. The van der Waals surface area contributed by atoms with Crippen LogP contribution in [-0.2, 0) is 9.59 Å². The van der Waals surface area contributed by atoms with Crippen molar-refractivity contribution in [3.05, 3.63) is 30.4 Å². The number of aryl methyl sites for hydroxylation is 1. The van der Waals surface area contributed by atoms with Crippen LogP contribution in [0, 0.1) is 12.8 Å². The van der Waals surface area contributed by atoms with Gasteiger partial charge in [-0.25, -0.2) is 4.98 Å². The van der Waals surface area contributed by atoms with Gasteiger partial charge in [-0.05, 0) is 19.8 Å². The molecule has 1 saturated heterocycles. The maximum absolute atomic E-state index is 12.7. The van der Waals surface area contributed by atoms with Crippen molar-refractivity contribution in [2.24, 2.45) is 5.92 Å². The summed E-state index contributed by atoms with van der Waals surface area (Å²) in [6, 6.07) is 1.62. The number of carbonyl (C=O) groups is 2. The Morgan fingerprint density at radius 1 is 1.42 bits per heavy atom. The van der Waals surface area contributed by atoms with Gasteiger partial charge in [-0.3, -0.25) is 14.6 Å². The largest absolute Gasteiger partial charge is 0.360 e. The van der Waals surface area contributed by atoms with E-state index in [-0.39, 0.29) is 24.3 Å². The lowest BCUT2D eigenvalue weighted by Crippen LogP contribution is -2.45. The molecule has 138 valence electrons. The number of aromatic nitrogens is 3. The van der Waals surface area contributed by atoms with Crippen molar-refractivity contribution in [1.82, 2.24) is 20.0 Å². The molecule has 2 amide bonds. The number of carbonyl (C=O) groups excluding carboxylic acids is 2. The molecular weight excluding hydrogens is 336 g/mol. The SMILES string of the molecule is Cc1cc(NC(=O)CN(C)C(=O)C2CCCN(c3cnccn3)C2)no1. The fourth-order valence-corrected chi connectivity index (χ4v) is 3.05. The predicted molar refractivity (Wildman–Crippen MR) is 94.5 cm³/mol. The average Bonchev–Trinajstić information content (AvgIpc) is 3.06. The Labute approximate surface area is 151 Å². The van der Waals surface area contributed by atoms with Crippen LogP contribution in [0.25, 0.3) is 0 Å². The van der Waals surface area contributed by atoms with Crippen LogP contribution < -0.4 is 10.2 Å². The number of hydrogen-bond donors (Lipinski definition) is 1. The highest BCUT2D eigenvalue weighted by Crippen LogP contribution is 2.22. The van der Waals surface area contributed by atoms with E-state index < -0.39 is 0 Å². The van der Waals surface area contributed by atoms with Crippen molar-refractivity contribution in [3.8, 4) is 0 Å². The molecule has 0 aromatic carbocycles. The summed E-state index contributed by atoms with van der Waals surface area (Å²) < 4.78 is 4.91. The topological polar surface area (TPSA) is 104 Å². The molecule has 2 aromatic rings. The Balaban J connectivity index is 1.54. The number of nitrogens with one attached hydrogen (secondary N) is 1. The van der Waals surface area contributed by atoms with Crippen molar-refractivity contribution in [3.63, 3.8) is 0 Å². The second-order valence-corrected chi connectivity index (χ2v) is 6.41. The molecule has 1 unspecified atom stereocenters. The summed E-state index contributed by atoms with van der Waals surface area (Å²) in [5.74, 6) is 1.20. The average molecular weight is 358 g/mol. The highest BCUT2D eigenvalue weighted by molar-refractivity contribution is 5.94. The van der Waals surface area contributed by atoms with E-state index in [0.717, 1.165) is 25.2 Å². The second kappa shape index (κ2) is 7.94. The molecule has 3 heterocycles. The van der Waals surface area contributed by atoms with Gasteiger partial charge in [0.25, 0.3) is 0 Å². The lowest BCUT2D eigenvalue weighted by molar-refractivity contribution is -0.137. The molecule has 26 heavy (non-hydrogen) atoms. The molecule has 0 spiro atoms. The molecule has 1 N–H and O–H groups in total. The number of piperidine rings is 1. The molecular formula is C17H22N6O3. The number of hydrogen-bond acceptors (Lipinski definition) is 7. The molecule has 0 radical (unpaired) electrons. The van der Waals surface area contributed by atoms with Crippen LogP contribution in [0.2, 0.25) is 0 Å². The van der Waals surface area contributed by atoms with Gasteiger partial charge in [0.1, 0.15) is 11.6 Å². The highest BCUT2D eigenvalue weighted by atomic mass is 16.5. The Kier molecular flexibility index (Phi) is 5.45. The van der Waals surface area contributed by atoms with E-state index in [1.807, 2.05) is 0 Å². The molecule has 0 aliphatic carbocycles. The minimum absolute atomic E-state index is 0.0353. The van der Waals surface area contributed by atoms with Crippen LogP contribution in [0.3, 0.4) is 0 Å². The smallest absolute Gasteiger partial charge is 0.245 e. The fraction of sp³-hybridized carbons (Fsp3) is 0.471. The van der Waals surface area contributed by atoms with Gasteiger partial charge >= 0.3 is 0 Å². The Bertz CT molecular complexity index is 763. The number of likely N-dealkylation sites (N-methyl/N-ethyl adjacent to an activating group) is 1. The Morgan fingerprint density at radius 3 is 2.96 bits per heavy atom. The summed E-state index contributed by atoms with van der Waals surface area (Å²) in [5, 5.41) is 6.33. The third kappa shape index (κ3) is 4.35. The lowest BCUT2D eigenvalue weighted by atomic mass is 9.96. The highest BCUT2D eigenvalue weighted by Gasteiger charge is 2.29. The van der Waals surface area contributed by atoms with Crippen LogP contribution in [-0.4, -0.2) is 58.5 Å². The third-order valence-electron chi connectivity index (χ3n) is 4.30. The first-order valence-electron chi connectivity index (χ1n) is 8.52. The summed E-state index contributed by atoms with van der Waals surface area (Å²) >= 11 is 0. The van der Waals surface area contributed by atoms with E-state index >= 15 is 0 Å². The summed E-state index contributed by atoms with van der Waals surface area (Å²) in [5.41, 5.74) is 0. The fourth-order valence-electron chi connectivity index (χ4n) is 3.05. The number of amides is 2. The summed E-state index contributed by atoms with van der Waals surface area (Å²) in [4.78, 5) is 36.7. The zero-order chi connectivity index (χ0) is 18.5. The van der Waals surface area contributed by atoms with E-state index in [0.29, 0.717) is 18.1 Å². The van der Waals surface area contributed by atoms with E-state index in [1.54, 1.807) is 38.6 Å². The maximum atomic E-state index is 12.7. The molecule has 9 heteroatoms. The van der Waals surface area contributed by atoms with Gasteiger partial charge in [0.15, 0.2) is 5.82 Å². The van der Waals surface area contributed by atoms with E-state index in [1.165, 1.54) is 4.90 Å². The number of nitrogens with zero attached hydrogens (tertiary/aromatic N) is 5. The zero-order valence-electron chi connectivity index (χ0n) is 14.9. The van der Waals surface area contributed by atoms with Crippen molar-refractivity contribution < 1.29 is 14.1 Å². The number of rotatable bonds is 5. The minimum atomic E-state index is -0.309. The Hall–Kier alpha value is -2.97. The Morgan fingerprint density at radius 2 is 2.27 bits per heavy atom. The normalized spacial score (nSPS) is 17.0. The van der Waals surface area contributed by atoms with Gasteiger partial charge in [-0.1, -0.05) is 5.16 Å². The maximum Gasteiger partial charge on any atom is 0.245 e. The molecule has 0 bridgehead atoms. The predicted octanol–water partition coefficient (Wildman–Crippen LogP) is 1.09. The van der Waals surface area contributed by atoms with E-state index in [9.17, 15) is 9.59 Å². The molecule has 2 aromatic heterocycles. The standard InChI is InChI=1S/C17H22N6O3/c1-12-8-14(21-26-12)20-16(24)11-22(2)17(25)13-4-3-7-23(10-13)15-9-18-5-6-19-15/h5-6,8-9,13H,3-4,7,10-11H2,1-2H3,(H,20,21,24). The summed E-state index contributed by atoms with van der Waals surface area (Å²) in [7, 11) is 1.64. The summed E-state index contributed by atoms with van der Waals surface area (Å²) in [6.45, 7) is 3.13. The van der Waals surface area contributed by atoms with Crippen LogP contribution in [0.5, 0.6) is 0 Å². The number of anilines is 2. The van der Waals surface area contributed by atoms with E-state index in [4.69, 9.17) is 4.52 Å². The van der Waals surface area contributed by atoms with Crippen LogP contribution in [0.15, 0.2) is 29.2 Å². The molecule has 0 saturated carbocycles. The van der Waals surface area contributed by atoms with Gasteiger partial charge in [-0.15, -0.1) is 0 Å². The van der Waals surface area contributed by atoms with Gasteiger partial charge in [0, 0.05) is 38.6 Å². The van der Waals surface area contributed by atoms with Crippen molar-refractivity contribution in [2.45, 2.75) is 19.8 Å². The molecule has 1 fully saturated rings. The van der Waals surface area contributed by atoms with E-state index in [2.05, 4.69) is 25.3 Å². The van der Waals surface area contributed by atoms with Gasteiger partial charge in [0.05, 0.1) is 18.7 Å². The summed E-state index contributed by atoms with van der Waals surface area (Å²) in [6.07, 6.45) is 6.65. The van der Waals surface area contributed by atoms with Gasteiger partial charge in [0.2, 0.25) is 11.8 Å². The zero-order valence-corrected chi connectivity index (χ0v) is 14.9. The lowest BCUT2D eigenvalue weighted by Gasteiger charge is -2.34. The molecule has 1 aliphatic heterocycles. The van der Waals surface area contributed by atoms with Crippen molar-refractivity contribution in [1.29, 1.82) is 0 Å². The first-order chi connectivity index (χ1) is 12.5. The monoisotopic (exact) mass is 358 g/mol. The van der Waals surface area contributed by atoms with Crippen LogP contribution in [0.4, 0.5) is 11.6 Å². The second-order valence-electron chi connectivity index (χ2n) is 6.41. The van der Waals surface area contributed by atoms with Crippen LogP contribution in [0.1, 0.15) is 18.6 Å². The van der Waals surface area contributed by atoms with Gasteiger partial charge in [-0.2, -0.15) is 0 Å². The minimum Gasteiger partial charge on any atom is -0.360 e. The van der Waals surface area contributed by atoms with Crippen molar-refractivity contribution >= 4 is 23.5 Å².